The second kappa shape index (κ2) is 5.29. The molecule has 0 radical (unpaired) electrons. The topological polar surface area (TPSA) is 39.4 Å². The second-order valence-corrected chi connectivity index (χ2v) is 5.83. The van der Waals surface area contributed by atoms with Crippen molar-refractivity contribution >= 4 is 23.6 Å². The lowest BCUT2D eigenvalue weighted by Crippen LogP contribution is -2.23. The summed E-state index contributed by atoms with van der Waals surface area (Å²) in [7, 11) is 0. The molecule has 1 heterocycles. The average Bonchev–Trinajstić information content (AvgIpc) is 2.36. The number of fused-ring (bicyclic) bond motifs is 1. The van der Waals surface area contributed by atoms with E-state index in [1.54, 1.807) is 6.07 Å². The van der Waals surface area contributed by atoms with Gasteiger partial charge in [0.2, 0.25) is 0 Å². The predicted molar refractivity (Wildman–Crippen MR) is 80.4 cm³/mol. The van der Waals surface area contributed by atoms with Crippen LogP contribution >= 0.6 is 12.6 Å². The van der Waals surface area contributed by atoms with Gasteiger partial charge in [0.05, 0.1) is 6.61 Å². The minimum atomic E-state index is -0.335. The first kappa shape index (κ1) is 14.0. The number of ether oxygens (including phenoxy) is 1. The van der Waals surface area contributed by atoms with E-state index in [4.69, 9.17) is 9.15 Å². The Morgan fingerprint density at radius 3 is 2.74 bits per heavy atom. The van der Waals surface area contributed by atoms with E-state index in [9.17, 15) is 4.79 Å². The van der Waals surface area contributed by atoms with Crippen LogP contribution in [-0.2, 0) is 0 Å². The first-order chi connectivity index (χ1) is 8.91. The lowest BCUT2D eigenvalue weighted by molar-refractivity contribution is 0.202. The maximum Gasteiger partial charge on any atom is 0.336 e. The summed E-state index contributed by atoms with van der Waals surface area (Å²) in [6.45, 7) is 6.64. The molecule has 0 spiro atoms. The van der Waals surface area contributed by atoms with E-state index in [1.807, 2.05) is 19.1 Å². The maximum atomic E-state index is 11.4. The summed E-state index contributed by atoms with van der Waals surface area (Å²) in [6, 6.07) is 7.06. The highest BCUT2D eigenvalue weighted by Gasteiger charge is 2.16. The number of thiol groups is 1. The Morgan fingerprint density at radius 2 is 2.05 bits per heavy atom. The van der Waals surface area contributed by atoms with E-state index in [2.05, 4.69) is 26.5 Å². The number of benzene rings is 1. The molecule has 3 nitrogen and oxygen atoms in total. The summed E-state index contributed by atoms with van der Waals surface area (Å²) in [5.41, 5.74) is 1.14. The molecule has 0 fully saturated rings. The van der Waals surface area contributed by atoms with Gasteiger partial charge in [0.25, 0.3) is 0 Å². The molecule has 19 heavy (non-hydrogen) atoms. The fraction of sp³-hybridized carbons (Fsp3) is 0.400. The first-order valence-electron chi connectivity index (χ1n) is 6.19. The zero-order valence-corrected chi connectivity index (χ0v) is 12.3. The van der Waals surface area contributed by atoms with Gasteiger partial charge in [-0.2, -0.15) is 12.6 Å². The smallest absolute Gasteiger partial charge is 0.336 e. The summed E-state index contributed by atoms with van der Waals surface area (Å²) < 4.78 is 10.9. The molecular weight excluding hydrogens is 260 g/mol. The quantitative estimate of drug-likeness (QED) is 0.688. The SMILES string of the molecule is Cc1cc(=O)oc2cc(OCC(C)(C)CS)ccc12. The van der Waals surface area contributed by atoms with E-state index < -0.39 is 0 Å². The van der Waals surface area contributed by atoms with Crippen LogP contribution in [0.1, 0.15) is 19.4 Å². The van der Waals surface area contributed by atoms with Crippen molar-refractivity contribution < 1.29 is 9.15 Å². The summed E-state index contributed by atoms with van der Waals surface area (Å²) in [5.74, 6) is 1.45. The monoisotopic (exact) mass is 278 g/mol. The molecule has 0 aliphatic heterocycles. The van der Waals surface area contributed by atoms with Crippen molar-refractivity contribution in [1.82, 2.24) is 0 Å². The Hall–Kier alpha value is -1.42. The first-order valence-corrected chi connectivity index (χ1v) is 6.83. The summed E-state index contributed by atoms with van der Waals surface area (Å²) in [6.07, 6.45) is 0. The molecule has 2 rings (SSSR count). The molecule has 0 bridgehead atoms. The van der Waals surface area contributed by atoms with Crippen LogP contribution in [0.3, 0.4) is 0 Å². The molecule has 4 heteroatoms. The molecule has 0 saturated heterocycles. The van der Waals surface area contributed by atoms with Gasteiger partial charge in [0.1, 0.15) is 11.3 Å². The Bertz CT molecular complexity index is 643. The molecular formula is C15H18O3S. The fourth-order valence-electron chi connectivity index (χ4n) is 1.72. The van der Waals surface area contributed by atoms with Gasteiger partial charge >= 0.3 is 5.63 Å². The van der Waals surface area contributed by atoms with Crippen molar-refractivity contribution in [2.45, 2.75) is 20.8 Å². The Morgan fingerprint density at radius 1 is 1.32 bits per heavy atom. The van der Waals surface area contributed by atoms with Crippen LogP contribution in [0.25, 0.3) is 11.0 Å². The molecule has 2 aromatic rings. The van der Waals surface area contributed by atoms with E-state index in [1.165, 1.54) is 6.07 Å². The zero-order valence-electron chi connectivity index (χ0n) is 11.4. The van der Waals surface area contributed by atoms with Crippen LogP contribution < -0.4 is 10.4 Å². The van der Waals surface area contributed by atoms with Gasteiger partial charge in [-0.1, -0.05) is 13.8 Å². The second-order valence-electron chi connectivity index (χ2n) is 5.52. The standard InChI is InChI=1S/C15H18O3S/c1-10-6-14(16)18-13-7-11(4-5-12(10)13)17-8-15(2,3)9-19/h4-7,19H,8-9H2,1-3H3. The normalized spacial score (nSPS) is 11.8. The van der Waals surface area contributed by atoms with Gasteiger partial charge in [-0.3, -0.25) is 0 Å². The third-order valence-electron chi connectivity index (χ3n) is 2.98. The highest BCUT2D eigenvalue weighted by atomic mass is 32.1. The minimum Gasteiger partial charge on any atom is -0.493 e. The largest absolute Gasteiger partial charge is 0.493 e. The molecule has 0 aliphatic carbocycles. The Balaban J connectivity index is 2.29. The molecule has 102 valence electrons. The number of hydrogen-bond donors (Lipinski definition) is 1. The number of rotatable bonds is 4. The third kappa shape index (κ3) is 3.32. The highest BCUT2D eigenvalue weighted by molar-refractivity contribution is 7.80. The van der Waals surface area contributed by atoms with Crippen molar-refractivity contribution in [1.29, 1.82) is 0 Å². The number of hydrogen-bond acceptors (Lipinski definition) is 4. The molecule has 1 aromatic heterocycles. The van der Waals surface area contributed by atoms with Gasteiger partial charge in [0, 0.05) is 22.9 Å². The van der Waals surface area contributed by atoms with Gasteiger partial charge < -0.3 is 9.15 Å². The maximum absolute atomic E-state index is 11.4. The van der Waals surface area contributed by atoms with Crippen LogP contribution in [0, 0.1) is 12.3 Å². The van der Waals surface area contributed by atoms with Crippen molar-refractivity contribution in [2.75, 3.05) is 12.4 Å². The van der Waals surface area contributed by atoms with Crippen LogP contribution in [-0.4, -0.2) is 12.4 Å². The van der Waals surface area contributed by atoms with Crippen molar-refractivity contribution in [3.8, 4) is 5.75 Å². The highest BCUT2D eigenvalue weighted by Crippen LogP contribution is 2.24. The average molecular weight is 278 g/mol. The Labute approximate surface area is 118 Å². The van der Waals surface area contributed by atoms with Gasteiger partial charge in [-0.15, -0.1) is 0 Å². The van der Waals surface area contributed by atoms with Crippen LogP contribution in [0.5, 0.6) is 5.75 Å². The molecule has 0 atom stereocenters. The molecule has 0 aliphatic rings. The molecule has 0 amide bonds. The molecule has 0 saturated carbocycles. The summed E-state index contributed by atoms with van der Waals surface area (Å²) in [5, 5.41) is 0.931. The zero-order chi connectivity index (χ0) is 14.0. The van der Waals surface area contributed by atoms with E-state index >= 15 is 0 Å². The predicted octanol–water partition coefficient (Wildman–Crippen LogP) is 3.44. The lowest BCUT2D eigenvalue weighted by Gasteiger charge is -2.22. The van der Waals surface area contributed by atoms with Gasteiger partial charge in [-0.05, 0) is 30.4 Å². The van der Waals surface area contributed by atoms with Gasteiger partial charge in [0.15, 0.2) is 0 Å². The molecule has 0 N–H and O–H groups in total. The Kier molecular flexibility index (Phi) is 3.90. The van der Waals surface area contributed by atoms with Crippen LogP contribution in [0.15, 0.2) is 33.5 Å². The van der Waals surface area contributed by atoms with Crippen molar-refractivity contribution in [3.63, 3.8) is 0 Å². The number of aryl methyl sites for hydroxylation is 1. The molecule has 1 aromatic carbocycles. The van der Waals surface area contributed by atoms with E-state index in [0.717, 1.165) is 16.7 Å². The van der Waals surface area contributed by atoms with Crippen molar-refractivity contribution in [2.24, 2.45) is 5.41 Å². The molecule has 0 unspecified atom stereocenters. The van der Waals surface area contributed by atoms with Crippen LogP contribution in [0.4, 0.5) is 0 Å². The summed E-state index contributed by atoms with van der Waals surface area (Å²) in [4.78, 5) is 11.4. The minimum absolute atomic E-state index is 0.00547. The van der Waals surface area contributed by atoms with Crippen molar-refractivity contribution in [3.05, 3.63) is 40.2 Å². The summed E-state index contributed by atoms with van der Waals surface area (Å²) >= 11 is 4.29. The lowest BCUT2D eigenvalue weighted by atomic mass is 9.98. The fourth-order valence-corrected chi connectivity index (χ4v) is 1.81. The van der Waals surface area contributed by atoms with Gasteiger partial charge in [-0.25, -0.2) is 4.79 Å². The third-order valence-corrected chi connectivity index (χ3v) is 3.84. The van der Waals surface area contributed by atoms with Crippen LogP contribution in [0.2, 0.25) is 0 Å². The van der Waals surface area contributed by atoms with E-state index in [-0.39, 0.29) is 11.0 Å². The van der Waals surface area contributed by atoms with E-state index in [0.29, 0.717) is 17.9 Å².